The van der Waals surface area contributed by atoms with E-state index in [-0.39, 0.29) is 5.97 Å². The molecule has 0 spiro atoms. The van der Waals surface area contributed by atoms with Crippen LogP contribution < -0.4 is 14.2 Å². The van der Waals surface area contributed by atoms with Crippen molar-refractivity contribution in [2.75, 3.05) is 20.3 Å². The summed E-state index contributed by atoms with van der Waals surface area (Å²) in [6.45, 7) is 6.11. The lowest BCUT2D eigenvalue weighted by Crippen LogP contribution is -2.09. The van der Waals surface area contributed by atoms with E-state index in [1.165, 1.54) is 0 Å². The predicted octanol–water partition coefficient (Wildman–Crippen LogP) is 6.76. The van der Waals surface area contributed by atoms with Crippen molar-refractivity contribution < 1.29 is 33.3 Å². The van der Waals surface area contributed by atoms with Crippen LogP contribution in [0.4, 0.5) is 0 Å². The Bertz CT molecular complexity index is 1440. The summed E-state index contributed by atoms with van der Waals surface area (Å²) in [5.41, 5.74) is 2.04. The molecule has 0 aromatic heterocycles. The lowest BCUT2D eigenvalue weighted by atomic mass is 10.0. The molecule has 4 aromatic carbocycles. The van der Waals surface area contributed by atoms with Gasteiger partial charge >= 0.3 is 11.9 Å². The Morgan fingerprint density at radius 2 is 1.55 bits per heavy atom. The molecular weight excluding hydrogens is 508 g/mol. The minimum Gasteiger partial charge on any atom is -0.497 e. The molecular formula is C33H32O7. The number of rotatable bonds is 11. The van der Waals surface area contributed by atoms with Crippen LogP contribution in [0.25, 0.3) is 10.8 Å². The van der Waals surface area contributed by atoms with Gasteiger partial charge in [-0.15, -0.1) is 0 Å². The Balaban J connectivity index is 0.000000226. The molecule has 0 unspecified atom stereocenters. The van der Waals surface area contributed by atoms with Crippen LogP contribution in [0.3, 0.4) is 0 Å². The second kappa shape index (κ2) is 15.5. The van der Waals surface area contributed by atoms with Gasteiger partial charge in [0.2, 0.25) is 0 Å². The number of aldehydes is 1. The standard InChI is InChI=1S/C19H16O3.C14H16O4/c1-13-12-15(21-2)10-11-18(13)22-19(20)17-9-5-7-14-6-3-4-8-16(14)17;1-2-14(16)18-10-4-3-9-17-13-7-5-12(11-15)6-8-13/h3-12H,1-2H3;2,5-8,11H,1,3-4,9-10H2. The van der Waals surface area contributed by atoms with E-state index in [1.54, 1.807) is 49.6 Å². The predicted molar refractivity (Wildman–Crippen MR) is 154 cm³/mol. The van der Waals surface area contributed by atoms with Crippen molar-refractivity contribution in [1.29, 1.82) is 0 Å². The third kappa shape index (κ3) is 8.84. The van der Waals surface area contributed by atoms with Crippen molar-refractivity contribution in [2.45, 2.75) is 19.8 Å². The number of benzene rings is 4. The molecule has 0 saturated heterocycles. The largest absolute Gasteiger partial charge is 0.497 e. The quantitative estimate of drug-likeness (QED) is 0.0682. The molecule has 0 bridgehead atoms. The maximum atomic E-state index is 12.5. The molecule has 40 heavy (non-hydrogen) atoms. The highest BCUT2D eigenvalue weighted by molar-refractivity contribution is 6.05. The second-order valence-corrected chi connectivity index (χ2v) is 8.66. The lowest BCUT2D eigenvalue weighted by Gasteiger charge is -2.10. The number of carbonyl (C=O) groups is 3. The van der Waals surface area contributed by atoms with Gasteiger partial charge < -0.3 is 18.9 Å². The Kier molecular flexibility index (Phi) is 11.5. The molecule has 0 amide bonds. The third-order valence-electron chi connectivity index (χ3n) is 5.83. The van der Waals surface area contributed by atoms with Crippen LogP contribution in [0.15, 0.2) is 97.6 Å². The third-order valence-corrected chi connectivity index (χ3v) is 5.83. The van der Waals surface area contributed by atoms with E-state index in [4.69, 9.17) is 18.9 Å². The van der Waals surface area contributed by atoms with Gasteiger partial charge in [0.15, 0.2) is 0 Å². The maximum absolute atomic E-state index is 12.5. The summed E-state index contributed by atoms with van der Waals surface area (Å²) in [5, 5.41) is 1.91. The SMILES string of the molecule is C=CC(=O)OCCCCOc1ccc(C=O)cc1.COc1ccc(OC(=O)c2cccc3ccccc23)c(C)c1. The maximum Gasteiger partial charge on any atom is 0.344 e. The van der Waals surface area contributed by atoms with E-state index >= 15 is 0 Å². The monoisotopic (exact) mass is 540 g/mol. The van der Waals surface area contributed by atoms with E-state index in [0.717, 1.165) is 53.0 Å². The van der Waals surface area contributed by atoms with Crippen LogP contribution in [0.5, 0.6) is 17.2 Å². The van der Waals surface area contributed by atoms with Gasteiger partial charge in [-0.2, -0.15) is 0 Å². The first-order valence-electron chi connectivity index (χ1n) is 12.8. The zero-order valence-electron chi connectivity index (χ0n) is 22.6. The Labute approximate surface area is 233 Å². The van der Waals surface area contributed by atoms with Crippen molar-refractivity contribution in [3.05, 3.63) is 114 Å². The summed E-state index contributed by atoms with van der Waals surface area (Å²) in [5.74, 6) is 1.25. The van der Waals surface area contributed by atoms with E-state index in [0.29, 0.717) is 30.1 Å². The minimum absolute atomic E-state index is 0.356. The van der Waals surface area contributed by atoms with E-state index in [1.807, 2.05) is 49.4 Å². The molecule has 0 heterocycles. The number of hydrogen-bond acceptors (Lipinski definition) is 7. The average Bonchev–Trinajstić information content (AvgIpc) is 3.00. The molecule has 7 nitrogen and oxygen atoms in total. The van der Waals surface area contributed by atoms with Crippen LogP contribution >= 0.6 is 0 Å². The van der Waals surface area contributed by atoms with Gasteiger partial charge in [0.05, 0.1) is 25.9 Å². The van der Waals surface area contributed by atoms with Crippen LogP contribution in [-0.2, 0) is 9.53 Å². The number of carbonyl (C=O) groups excluding carboxylic acids is 3. The van der Waals surface area contributed by atoms with Crippen molar-refractivity contribution in [3.8, 4) is 17.2 Å². The highest BCUT2D eigenvalue weighted by atomic mass is 16.5. The first kappa shape index (κ1) is 29.6. The van der Waals surface area contributed by atoms with Gasteiger partial charge in [-0.3, -0.25) is 4.79 Å². The molecule has 4 aromatic rings. The number of methoxy groups -OCH3 is 1. The number of unbranched alkanes of at least 4 members (excludes halogenated alkanes) is 1. The lowest BCUT2D eigenvalue weighted by molar-refractivity contribution is -0.137. The zero-order valence-corrected chi connectivity index (χ0v) is 22.6. The second-order valence-electron chi connectivity index (χ2n) is 8.66. The van der Waals surface area contributed by atoms with Crippen molar-refractivity contribution in [3.63, 3.8) is 0 Å². The molecule has 0 saturated carbocycles. The highest BCUT2D eigenvalue weighted by Crippen LogP contribution is 2.25. The molecule has 206 valence electrons. The molecule has 0 aliphatic rings. The summed E-state index contributed by atoms with van der Waals surface area (Å²) >= 11 is 0. The molecule has 0 fully saturated rings. The van der Waals surface area contributed by atoms with E-state index < -0.39 is 5.97 Å². The summed E-state index contributed by atoms with van der Waals surface area (Å²) in [6, 6.07) is 25.7. The zero-order chi connectivity index (χ0) is 28.7. The number of fused-ring (bicyclic) bond motifs is 1. The van der Waals surface area contributed by atoms with Gasteiger partial charge in [0, 0.05) is 11.6 Å². The van der Waals surface area contributed by atoms with Crippen molar-refractivity contribution in [2.24, 2.45) is 0 Å². The Hall–Kier alpha value is -4.91. The molecule has 0 aliphatic heterocycles. The molecule has 7 heteroatoms. The Morgan fingerprint density at radius 3 is 2.25 bits per heavy atom. The normalized spacial score (nSPS) is 10.1. The first-order valence-corrected chi connectivity index (χ1v) is 12.8. The number of aryl methyl sites for hydroxylation is 1. The number of ether oxygens (including phenoxy) is 4. The fraction of sp³-hybridized carbons (Fsp3) is 0.182. The smallest absolute Gasteiger partial charge is 0.344 e. The van der Waals surface area contributed by atoms with Gasteiger partial charge in [-0.05, 0) is 84.6 Å². The van der Waals surface area contributed by atoms with Crippen LogP contribution in [0.2, 0.25) is 0 Å². The van der Waals surface area contributed by atoms with Gasteiger partial charge in [0.1, 0.15) is 23.5 Å². The van der Waals surface area contributed by atoms with Crippen molar-refractivity contribution in [1.82, 2.24) is 0 Å². The fourth-order valence-electron chi connectivity index (χ4n) is 3.69. The molecule has 4 rings (SSSR count). The van der Waals surface area contributed by atoms with Crippen molar-refractivity contribution >= 4 is 29.0 Å². The minimum atomic E-state index is -0.402. The first-order chi connectivity index (χ1) is 19.4. The summed E-state index contributed by atoms with van der Waals surface area (Å²) < 4.78 is 21.0. The van der Waals surface area contributed by atoms with E-state index in [2.05, 4.69) is 6.58 Å². The highest BCUT2D eigenvalue weighted by Gasteiger charge is 2.13. The molecule has 0 radical (unpaired) electrons. The molecule has 0 atom stereocenters. The molecule has 0 N–H and O–H groups in total. The summed E-state index contributed by atoms with van der Waals surface area (Å²) in [7, 11) is 1.61. The number of hydrogen-bond donors (Lipinski definition) is 0. The van der Waals surface area contributed by atoms with Gasteiger partial charge in [-0.1, -0.05) is 43.0 Å². The average molecular weight is 541 g/mol. The number of esters is 2. The summed E-state index contributed by atoms with van der Waals surface area (Å²) in [6.07, 6.45) is 3.47. The van der Waals surface area contributed by atoms with Crippen LogP contribution in [-0.4, -0.2) is 38.5 Å². The van der Waals surface area contributed by atoms with Gasteiger partial charge in [0.25, 0.3) is 0 Å². The topological polar surface area (TPSA) is 88.1 Å². The van der Waals surface area contributed by atoms with Crippen LogP contribution in [0, 0.1) is 6.92 Å². The van der Waals surface area contributed by atoms with Crippen LogP contribution in [0.1, 0.15) is 39.1 Å². The van der Waals surface area contributed by atoms with Gasteiger partial charge in [-0.25, -0.2) is 9.59 Å². The summed E-state index contributed by atoms with van der Waals surface area (Å²) in [4.78, 5) is 33.6. The van der Waals surface area contributed by atoms with E-state index in [9.17, 15) is 14.4 Å². The Morgan fingerprint density at radius 1 is 0.850 bits per heavy atom. The molecule has 0 aliphatic carbocycles. The fourth-order valence-corrected chi connectivity index (χ4v) is 3.69.